The molecule has 0 radical (unpaired) electrons. The summed E-state index contributed by atoms with van der Waals surface area (Å²) in [5.74, 6) is 2.45. The molecule has 2 aromatic carbocycles. The molecule has 0 spiro atoms. The van der Waals surface area contributed by atoms with Crippen LogP contribution in [0.15, 0.2) is 53.6 Å². The highest BCUT2D eigenvalue weighted by molar-refractivity contribution is 5.91. The van der Waals surface area contributed by atoms with E-state index in [1.165, 1.54) is 30.5 Å². The molecule has 12 heteroatoms. The fourth-order valence-electron chi connectivity index (χ4n) is 2.74. The number of non-ortho nitro benzene ring substituents is 1. The molecule has 0 saturated heterocycles. The van der Waals surface area contributed by atoms with Gasteiger partial charge in [-0.2, -0.15) is 5.10 Å². The molecule has 0 aliphatic carbocycles. The maximum absolute atomic E-state index is 12.6. The smallest absolute Gasteiger partial charge is 0.319 e. The minimum Gasteiger partial charge on any atom is -0.481 e. The van der Waals surface area contributed by atoms with Crippen molar-refractivity contribution in [2.24, 2.45) is 10.9 Å². The number of hydrazone groups is 1. The minimum absolute atomic E-state index is 0.121. The first-order valence-corrected chi connectivity index (χ1v) is 9.42. The first kappa shape index (κ1) is 23.8. The number of nitro groups is 1. The van der Waals surface area contributed by atoms with Crippen LogP contribution in [0.25, 0.3) is 0 Å². The Labute approximate surface area is 182 Å². The van der Waals surface area contributed by atoms with Gasteiger partial charge in [0.15, 0.2) is 0 Å². The summed E-state index contributed by atoms with van der Waals surface area (Å²) < 4.78 is 0. The molecule has 0 aliphatic rings. The highest BCUT2D eigenvalue weighted by Gasteiger charge is 2.23. The summed E-state index contributed by atoms with van der Waals surface area (Å²) in [5, 5.41) is 30.8. The third kappa shape index (κ3) is 7.40. The maximum Gasteiger partial charge on any atom is 0.319 e. The molecular weight excluding hydrogens is 420 g/mol. The van der Waals surface area contributed by atoms with E-state index < -0.39 is 28.7 Å². The molecule has 2 rings (SSSR count). The van der Waals surface area contributed by atoms with Crippen LogP contribution >= 0.6 is 0 Å². The number of carbonyl (C=O) groups is 3. The van der Waals surface area contributed by atoms with Crippen molar-refractivity contribution in [2.75, 3.05) is 18.4 Å². The second-order valence-electron chi connectivity index (χ2n) is 6.57. The molecule has 0 saturated carbocycles. The van der Waals surface area contributed by atoms with Crippen molar-refractivity contribution in [3.8, 4) is 0 Å². The van der Waals surface area contributed by atoms with Gasteiger partial charge in [-0.15, -0.1) is 0 Å². The van der Waals surface area contributed by atoms with E-state index in [-0.39, 0.29) is 25.2 Å². The number of aliphatic carboxylic acids is 1. The lowest BCUT2D eigenvalue weighted by atomic mass is 9.97. The molecule has 12 nitrogen and oxygen atoms in total. The number of anilines is 1. The number of benzene rings is 2. The predicted molar refractivity (Wildman–Crippen MR) is 116 cm³/mol. The normalized spacial score (nSPS) is 11.5. The number of nitrogens with zero attached hydrogens (tertiary/aromatic N) is 2. The van der Waals surface area contributed by atoms with Crippen molar-refractivity contribution in [1.29, 1.82) is 0 Å². The molecule has 0 fully saturated rings. The Kier molecular flexibility index (Phi) is 8.66. The lowest BCUT2D eigenvalue weighted by Crippen LogP contribution is -2.39. The van der Waals surface area contributed by atoms with Gasteiger partial charge in [0.05, 0.1) is 23.5 Å². The van der Waals surface area contributed by atoms with Crippen LogP contribution < -0.4 is 21.8 Å². The number of urea groups is 1. The summed E-state index contributed by atoms with van der Waals surface area (Å²) in [6, 6.07) is 11.5. The Bertz CT molecular complexity index is 1010. The number of hydrogen-bond donors (Lipinski definition) is 5. The largest absolute Gasteiger partial charge is 0.481 e. The zero-order chi connectivity index (χ0) is 23.5. The van der Waals surface area contributed by atoms with Crippen LogP contribution in [-0.4, -0.2) is 47.2 Å². The van der Waals surface area contributed by atoms with Crippen LogP contribution in [0.2, 0.25) is 0 Å². The number of nitrogens with one attached hydrogen (secondary N) is 3. The van der Waals surface area contributed by atoms with Gasteiger partial charge in [-0.3, -0.25) is 19.7 Å². The van der Waals surface area contributed by atoms with E-state index in [1.807, 2.05) is 0 Å². The monoisotopic (exact) mass is 442 g/mol. The molecule has 32 heavy (non-hydrogen) atoms. The molecule has 3 amide bonds. The fourth-order valence-corrected chi connectivity index (χ4v) is 2.74. The zero-order valence-electron chi connectivity index (χ0n) is 16.9. The van der Waals surface area contributed by atoms with Gasteiger partial charge in [0, 0.05) is 30.9 Å². The van der Waals surface area contributed by atoms with Crippen LogP contribution in [0, 0.1) is 10.1 Å². The van der Waals surface area contributed by atoms with Gasteiger partial charge >= 0.3 is 12.0 Å². The van der Waals surface area contributed by atoms with Crippen LogP contribution in [0.1, 0.15) is 23.5 Å². The van der Waals surface area contributed by atoms with Crippen molar-refractivity contribution >= 4 is 35.5 Å². The number of carbonyl (C=O) groups excluding carboxylic acids is 2. The molecule has 0 heterocycles. The highest BCUT2D eigenvalue weighted by Crippen LogP contribution is 2.21. The van der Waals surface area contributed by atoms with Crippen molar-refractivity contribution in [3.63, 3.8) is 0 Å². The zero-order valence-corrected chi connectivity index (χ0v) is 16.9. The van der Waals surface area contributed by atoms with Crippen LogP contribution in [0.5, 0.6) is 0 Å². The minimum atomic E-state index is -1.08. The summed E-state index contributed by atoms with van der Waals surface area (Å²) in [7, 11) is 0. The number of nitro benzene ring substituents is 1. The van der Waals surface area contributed by atoms with E-state index in [2.05, 4.69) is 21.1 Å². The Morgan fingerprint density at radius 3 is 2.50 bits per heavy atom. The van der Waals surface area contributed by atoms with Crippen molar-refractivity contribution in [3.05, 3.63) is 69.8 Å². The van der Waals surface area contributed by atoms with E-state index in [0.29, 0.717) is 11.3 Å². The predicted octanol–water partition coefficient (Wildman–Crippen LogP) is 1.38. The van der Waals surface area contributed by atoms with Gasteiger partial charge in [-0.25, -0.2) is 4.79 Å². The quantitative estimate of drug-likeness (QED) is 0.159. The van der Waals surface area contributed by atoms with Gasteiger partial charge in [0.1, 0.15) is 0 Å². The average molecular weight is 442 g/mol. The number of hydrogen-bond acceptors (Lipinski definition) is 7. The molecule has 0 aromatic heterocycles. The molecule has 6 N–H and O–H groups in total. The highest BCUT2D eigenvalue weighted by atomic mass is 16.6. The summed E-state index contributed by atoms with van der Waals surface area (Å²) in [6.07, 6.45) is 1.16. The van der Waals surface area contributed by atoms with Crippen molar-refractivity contribution in [1.82, 2.24) is 10.6 Å². The Hall–Kier alpha value is -4.48. The maximum atomic E-state index is 12.6. The summed E-state index contributed by atoms with van der Waals surface area (Å²) in [5.41, 5.74) is 1.31. The molecule has 168 valence electrons. The Balaban J connectivity index is 2.08. The molecule has 1 unspecified atom stereocenters. The van der Waals surface area contributed by atoms with Gasteiger partial charge in [0.25, 0.3) is 5.69 Å². The lowest BCUT2D eigenvalue weighted by molar-refractivity contribution is -0.384. The molecular formula is C20H22N6O6. The van der Waals surface area contributed by atoms with Crippen LogP contribution in [0.4, 0.5) is 16.2 Å². The van der Waals surface area contributed by atoms with Gasteiger partial charge in [-0.1, -0.05) is 24.3 Å². The van der Waals surface area contributed by atoms with E-state index in [1.54, 1.807) is 24.3 Å². The number of carboxylic acid groups (broad SMARTS) is 1. The van der Waals surface area contributed by atoms with E-state index >= 15 is 0 Å². The molecule has 2 aromatic rings. The molecule has 1 atom stereocenters. The van der Waals surface area contributed by atoms with E-state index in [4.69, 9.17) is 10.9 Å². The second-order valence-corrected chi connectivity index (χ2v) is 6.57. The number of carboxylic acids is 1. The summed E-state index contributed by atoms with van der Waals surface area (Å²) in [4.78, 5) is 46.0. The topological polar surface area (TPSA) is 189 Å². The Morgan fingerprint density at radius 2 is 1.88 bits per heavy atom. The first-order chi connectivity index (χ1) is 15.3. The number of rotatable bonds is 10. The Morgan fingerprint density at radius 1 is 1.16 bits per heavy atom. The third-order valence-electron chi connectivity index (χ3n) is 4.30. The SMILES string of the molecule is NN=Cc1ccc(NC(=O)NCC(C(=O)NCCC(=O)O)c2cccc([N+](=O)[O-])c2)cc1. The summed E-state index contributed by atoms with van der Waals surface area (Å²) >= 11 is 0. The van der Waals surface area contributed by atoms with Crippen LogP contribution in [0.3, 0.4) is 0 Å². The van der Waals surface area contributed by atoms with Gasteiger partial charge < -0.3 is 26.9 Å². The molecule has 0 bridgehead atoms. The second kappa shape index (κ2) is 11.6. The van der Waals surface area contributed by atoms with Crippen LogP contribution in [-0.2, 0) is 9.59 Å². The summed E-state index contributed by atoms with van der Waals surface area (Å²) in [6.45, 7) is -0.298. The standard InChI is InChI=1S/C20H22N6O6/c21-24-11-13-4-6-15(7-5-13)25-20(30)23-12-17(19(29)22-9-8-18(27)28)14-2-1-3-16(10-14)26(31)32/h1-7,10-11,17H,8-9,12,21H2,(H,22,29)(H,27,28)(H2,23,25,30). The average Bonchev–Trinajstić information content (AvgIpc) is 2.75. The fraction of sp³-hybridized carbons (Fsp3) is 0.200. The number of amides is 3. The van der Waals surface area contributed by atoms with Gasteiger partial charge in [0.2, 0.25) is 5.91 Å². The van der Waals surface area contributed by atoms with Crippen molar-refractivity contribution < 1.29 is 24.4 Å². The van der Waals surface area contributed by atoms with Crippen molar-refractivity contribution in [2.45, 2.75) is 12.3 Å². The van der Waals surface area contributed by atoms with E-state index in [9.17, 15) is 24.5 Å². The molecule has 0 aliphatic heterocycles. The lowest BCUT2D eigenvalue weighted by Gasteiger charge is -2.18. The third-order valence-corrected chi connectivity index (χ3v) is 4.30. The van der Waals surface area contributed by atoms with Gasteiger partial charge in [-0.05, 0) is 23.3 Å². The number of nitrogens with two attached hydrogens (primary N) is 1. The van der Waals surface area contributed by atoms with E-state index in [0.717, 1.165) is 5.56 Å². The first-order valence-electron chi connectivity index (χ1n) is 9.42.